The van der Waals surface area contributed by atoms with E-state index in [9.17, 15) is 4.79 Å². The Bertz CT molecular complexity index is 246. The first-order valence-electron chi connectivity index (χ1n) is 5.04. The average molecular weight is 195 g/mol. The minimum Gasteiger partial charge on any atom is -0.358 e. The zero-order chi connectivity index (χ0) is 10.6. The van der Waals surface area contributed by atoms with Gasteiger partial charge < -0.3 is 5.32 Å². The number of hydrogen-bond acceptors (Lipinski definition) is 3. The number of likely N-dealkylation sites (N-methyl/N-ethyl adjacent to an activating group) is 1. The van der Waals surface area contributed by atoms with Crippen molar-refractivity contribution in [2.45, 2.75) is 25.8 Å². The van der Waals surface area contributed by atoms with E-state index in [0.717, 1.165) is 19.4 Å². The number of nitriles is 1. The highest BCUT2D eigenvalue weighted by atomic mass is 16.2. The second-order valence-electron chi connectivity index (χ2n) is 3.80. The molecule has 0 aliphatic carbocycles. The predicted octanol–water partition coefficient (Wildman–Crippen LogP) is 0.356. The van der Waals surface area contributed by atoms with Crippen molar-refractivity contribution in [1.82, 2.24) is 10.2 Å². The number of carbonyl (C=O) groups excluding carboxylic acids is 1. The highest BCUT2D eigenvalue weighted by molar-refractivity contribution is 5.81. The highest BCUT2D eigenvalue weighted by Gasteiger charge is 2.30. The Labute approximate surface area is 84.9 Å². The van der Waals surface area contributed by atoms with Crippen molar-refractivity contribution >= 4 is 5.91 Å². The van der Waals surface area contributed by atoms with Crippen molar-refractivity contribution in [2.75, 3.05) is 20.1 Å². The summed E-state index contributed by atoms with van der Waals surface area (Å²) in [6.07, 6.45) is 1.97. The van der Waals surface area contributed by atoms with E-state index < -0.39 is 0 Å². The second kappa shape index (κ2) is 4.97. The second-order valence-corrected chi connectivity index (χ2v) is 3.80. The molecule has 0 bridgehead atoms. The van der Waals surface area contributed by atoms with Crippen molar-refractivity contribution in [3.8, 4) is 6.07 Å². The molecule has 1 fully saturated rings. The molecule has 1 aliphatic heterocycles. The number of nitrogens with zero attached hydrogens (tertiary/aromatic N) is 2. The van der Waals surface area contributed by atoms with Crippen LogP contribution in [0.15, 0.2) is 0 Å². The fourth-order valence-corrected chi connectivity index (χ4v) is 1.90. The van der Waals surface area contributed by atoms with Gasteiger partial charge in [-0.3, -0.25) is 9.69 Å². The lowest BCUT2D eigenvalue weighted by molar-refractivity contribution is -0.125. The highest BCUT2D eigenvalue weighted by Crippen LogP contribution is 2.18. The third-order valence-corrected chi connectivity index (χ3v) is 2.64. The monoisotopic (exact) mass is 195 g/mol. The molecule has 0 aromatic heterocycles. The summed E-state index contributed by atoms with van der Waals surface area (Å²) in [5.74, 6) is 0.0768. The summed E-state index contributed by atoms with van der Waals surface area (Å²) in [7, 11) is 1.66. The molecular weight excluding hydrogens is 178 g/mol. The molecule has 0 aromatic rings. The SMILES string of the molecule is CNC(=O)C1CCCN1CC(C)C#N. The fourth-order valence-electron chi connectivity index (χ4n) is 1.90. The third kappa shape index (κ3) is 2.46. The molecule has 4 nitrogen and oxygen atoms in total. The number of amides is 1. The van der Waals surface area contributed by atoms with Gasteiger partial charge in [-0.15, -0.1) is 0 Å². The predicted molar refractivity (Wildman–Crippen MR) is 53.4 cm³/mol. The molecule has 0 aromatic carbocycles. The summed E-state index contributed by atoms with van der Waals surface area (Å²) < 4.78 is 0. The summed E-state index contributed by atoms with van der Waals surface area (Å²) >= 11 is 0. The van der Waals surface area contributed by atoms with Crippen LogP contribution in [0.25, 0.3) is 0 Å². The van der Waals surface area contributed by atoms with Crippen LogP contribution in [0.5, 0.6) is 0 Å². The maximum atomic E-state index is 11.5. The lowest BCUT2D eigenvalue weighted by Crippen LogP contribution is -2.43. The van der Waals surface area contributed by atoms with Crippen LogP contribution in [0.3, 0.4) is 0 Å². The Balaban J connectivity index is 2.52. The van der Waals surface area contributed by atoms with Gasteiger partial charge in [0.1, 0.15) is 0 Å². The number of likely N-dealkylation sites (tertiary alicyclic amines) is 1. The minimum atomic E-state index is -0.0178. The van der Waals surface area contributed by atoms with Crippen LogP contribution in [-0.4, -0.2) is 37.0 Å². The van der Waals surface area contributed by atoms with E-state index in [-0.39, 0.29) is 17.9 Å². The van der Waals surface area contributed by atoms with E-state index in [4.69, 9.17) is 5.26 Å². The normalized spacial score (nSPS) is 24.2. The van der Waals surface area contributed by atoms with E-state index in [1.807, 2.05) is 6.92 Å². The van der Waals surface area contributed by atoms with Crippen LogP contribution in [-0.2, 0) is 4.79 Å². The van der Waals surface area contributed by atoms with E-state index in [1.54, 1.807) is 7.05 Å². The van der Waals surface area contributed by atoms with Crippen LogP contribution in [0.1, 0.15) is 19.8 Å². The summed E-state index contributed by atoms with van der Waals surface area (Å²) in [5.41, 5.74) is 0. The Morgan fingerprint density at radius 2 is 2.50 bits per heavy atom. The maximum Gasteiger partial charge on any atom is 0.237 e. The number of rotatable bonds is 3. The quantitative estimate of drug-likeness (QED) is 0.707. The summed E-state index contributed by atoms with van der Waals surface area (Å²) in [4.78, 5) is 13.6. The lowest BCUT2D eigenvalue weighted by Gasteiger charge is -2.23. The van der Waals surface area contributed by atoms with Gasteiger partial charge >= 0.3 is 0 Å². The number of nitrogens with one attached hydrogen (secondary N) is 1. The van der Waals surface area contributed by atoms with Crippen molar-refractivity contribution < 1.29 is 4.79 Å². The molecule has 2 atom stereocenters. The number of hydrogen-bond donors (Lipinski definition) is 1. The van der Waals surface area contributed by atoms with Gasteiger partial charge in [-0.2, -0.15) is 5.26 Å². The van der Waals surface area contributed by atoms with Crippen molar-refractivity contribution in [3.63, 3.8) is 0 Å². The first-order valence-corrected chi connectivity index (χ1v) is 5.04. The van der Waals surface area contributed by atoms with Crippen LogP contribution in [0.4, 0.5) is 0 Å². The Morgan fingerprint density at radius 3 is 3.07 bits per heavy atom. The minimum absolute atomic E-state index is 0.000237. The third-order valence-electron chi connectivity index (χ3n) is 2.64. The van der Waals surface area contributed by atoms with Crippen LogP contribution in [0.2, 0.25) is 0 Å². The van der Waals surface area contributed by atoms with E-state index in [1.165, 1.54) is 0 Å². The molecule has 14 heavy (non-hydrogen) atoms. The zero-order valence-electron chi connectivity index (χ0n) is 8.79. The molecular formula is C10H17N3O. The number of carbonyl (C=O) groups is 1. The Kier molecular flexibility index (Phi) is 3.90. The average Bonchev–Trinajstić information content (AvgIpc) is 2.64. The molecule has 1 aliphatic rings. The zero-order valence-corrected chi connectivity index (χ0v) is 8.79. The molecule has 0 spiro atoms. The van der Waals surface area contributed by atoms with Crippen LogP contribution >= 0.6 is 0 Å². The molecule has 1 saturated heterocycles. The van der Waals surface area contributed by atoms with Crippen molar-refractivity contribution in [3.05, 3.63) is 0 Å². The Morgan fingerprint density at radius 1 is 1.79 bits per heavy atom. The van der Waals surface area contributed by atoms with E-state index in [0.29, 0.717) is 6.54 Å². The van der Waals surface area contributed by atoms with Gasteiger partial charge in [-0.05, 0) is 26.3 Å². The summed E-state index contributed by atoms with van der Waals surface area (Å²) in [5, 5.41) is 11.4. The molecule has 1 heterocycles. The van der Waals surface area contributed by atoms with E-state index >= 15 is 0 Å². The molecule has 2 unspecified atom stereocenters. The maximum absolute atomic E-state index is 11.5. The van der Waals surface area contributed by atoms with Crippen molar-refractivity contribution in [2.24, 2.45) is 5.92 Å². The van der Waals surface area contributed by atoms with Gasteiger partial charge in [0.05, 0.1) is 18.0 Å². The van der Waals surface area contributed by atoms with Crippen LogP contribution in [0, 0.1) is 17.2 Å². The molecule has 0 radical (unpaired) electrons. The standard InChI is InChI=1S/C10H17N3O/c1-8(6-11)7-13-5-3-4-9(13)10(14)12-2/h8-9H,3-5,7H2,1-2H3,(H,12,14). The molecule has 0 saturated carbocycles. The van der Waals surface area contributed by atoms with Gasteiger partial charge in [-0.25, -0.2) is 0 Å². The first-order chi connectivity index (χ1) is 6.69. The molecule has 4 heteroatoms. The van der Waals surface area contributed by atoms with Gasteiger partial charge in [-0.1, -0.05) is 0 Å². The first kappa shape index (κ1) is 11.0. The summed E-state index contributed by atoms with van der Waals surface area (Å²) in [6.45, 7) is 3.53. The van der Waals surface area contributed by atoms with Gasteiger partial charge in [0.2, 0.25) is 5.91 Å². The van der Waals surface area contributed by atoms with Gasteiger partial charge in [0.15, 0.2) is 0 Å². The Hall–Kier alpha value is -1.08. The van der Waals surface area contributed by atoms with Crippen molar-refractivity contribution in [1.29, 1.82) is 5.26 Å². The summed E-state index contributed by atoms with van der Waals surface area (Å²) in [6, 6.07) is 2.18. The lowest BCUT2D eigenvalue weighted by atomic mass is 10.1. The molecule has 1 N–H and O–H groups in total. The molecule has 1 rings (SSSR count). The largest absolute Gasteiger partial charge is 0.358 e. The fraction of sp³-hybridized carbons (Fsp3) is 0.800. The smallest absolute Gasteiger partial charge is 0.237 e. The van der Waals surface area contributed by atoms with E-state index in [2.05, 4.69) is 16.3 Å². The van der Waals surface area contributed by atoms with Crippen LogP contribution < -0.4 is 5.32 Å². The topological polar surface area (TPSA) is 56.1 Å². The van der Waals surface area contributed by atoms with Gasteiger partial charge in [0, 0.05) is 13.6 Å². The van der Waals surface area contributed by atoms with Gasteiger partial charge in [0.25, 0.3) is 0 Å². The molecule has 78 valence electrons. The molecule has 1 amide bonds.